The molecule has 2 fully saturated rings. The smallest absolute Gasteiger partial charge is 0.237 e. The van der Waals surface area contributed by atoms with Crippen molar-refractivity contribution in [3.63, 3.8) is 0 Å². The summed E-state index contributed by atoms with van der Waals surface area (Å²) >= 11 is 5.75. The van der Waals surface area contributed by atoms with Gasteiger partial charge in [-0.15, -0.1) is 11.6 Å². The number of nitrogens with one attached hydrogen (secondary N) is 1. The number of fused-ring (bicyclic) bond motifs is 2. The fraction of sp³-hybridized carbons (Fsp3) is 0.917. The molecular formula is C12H20ClNO. The highest BCUT2D eigenvalue weighted by Crippen LogP contribution is 2.49. The summed E-state index contributed by atoms with van der Waals surface area (Å²) in [5, 5.41) is 2.62. The van der Waals surface area contributed by atoms with E-state index in [2.05, 4.69) is 12.2 Å². The number of carbonyl (C=O) groups is 1. The average Bonchev–Trinajstić information content (AvgIpc) is 2.78. The summed E-state index contributed by atoms with van der Waals surface area (Å²) in [5.74, 6) is 2.47. The largest absolute Gasteiger partial charge is 0.352 e. The summed E-state index contributed by atoms with van der Waals surface area (Å²) in [6.45, 7) is 3.85. The SMILES string of the molecule is C[C@H](Cl)C(=O)N[C@H](C)[C@@H]1C[C@@H]2CC[C@@H]1C2. The van der Waals surface area contributed by atoms with Gasteiger partial charge in [-0.05, 0) is 50.9 Å². The number of carbonyl (C=O) groups excluding carboxylic acids is 1. The molecule has 0 aliphatic heterocycles. The van der Waals surface area contributed by atoms with Crippen molar-refractivity contribution >= 4 is 17.5 Å². The van der Waals surface area contributed by atoms with Gasteiger partial charge >= 0.3 is 0 Å². The molecule has 2 rings (SSSR count). The zero-order valence-corrected chi connectivity index (χ0v) is 10.3. The van der Waals surface area contributed by atoms with Gasteiger partial charge in [0, 0.05) is 6.04 Å². The maximum Gasteiger partial charge on any atom is 0.237 e. The minimum Gasteiger partial charge on any atom is -0.352 e. The number of hydrogen-bond donors (Lipinski definition) is 1. The van der Waals surface area contributed by atoms with Gasteiger partial charge in [0.05, 0.1) is 0 Å². The molecule has 0 radical (unpaired) electrons. The summed E-state index contributed by atoms with van der Waals surface area (Å²) in [5.41, 5.74) is 0. The Labute approximate surface area is 96.8 Å². The Bertz CT molecular complexity index is 254. The third-order valence-electron chi connectivity index (χ3n) is 4.17. The molecule has 86 valence electrons. The normalized spacial score (nSPS) is 37.7. The molecule has 1 N–H and O–H groups in total. The van der Waals surface area contributed by atoms with E-state index in [0.717, 1.165) is 11.8 Å². The standard InChI is InChI=1S/C12H20ClNO/c1-7(13)12(15)14-8(2)11-6-9-3-4-10(11)5-9/h7-11H,3-6H2,1-2H3,(H,14,15)/t7-,8+,9+,10+,11-/m0/s1. The Kier molecular flexibility index (Phi) is 3.24. The van der Waals surface area contributed by atoms with Crippen LogP contribution in [-0.4, -0.2) is 17.3 Å². The number of amides is 1. The molecule has 0 unspecified atom stereocenters. The van der Waals surface area contributed by atoms with E-state index >= 15 is 0 Å². The van der Waals surface area contributed by atoms with E-state index in [-0.39, 0.29) is 5.91 Å². The first-order chi connectivity index (χ1) is 7.08. The fourth-order valence-electron chi connectivity index (χ4n) is 3.35. The first-order valence-electron chi connectivity index (χ1n) is 6.02. The maximum absolute atomic E-state index is 11.5. The molecule has 5 atom stereocenters. The van der Waals surface area contributed by atoms with Crippen LogP contribution in [0.15, 0.2) is 0 Å². The summed E-state index contributed by atoms with van der Waals surface area (Å²) in [7, 11) is 0. The summed E-state index contributed by atoms with van der Waals surface area (Å²) in [6, 6.07) is 0.300. The molecule has 1 amide bonds. The minimum absolute atomic E-state index is 0.0214. The van der Waals surface area contributed by atoms with Crippen molar-refractivity contribution in [3.8, 4) is 0 Å². The van der Waals surface area contributed by atoms with Gasteiger partial charge < -0.3 is 5.32 Å². The van der Waals surface area contributed by atoms with E-state index in [1.165, 1.54) is 25.7 Å². The second-order valence-corrected chi connectivity index (χ2v) is 5.91. The van der Waals surface area contributed by atoms with Crippen molar-refractivity contribution in [1.82, 2.24) is 5.32 Å². The van der Waals surface area contributed by atoms with E-state index in [9.17, 15) is 4.79 Å². The van der Waals surface area contributed by atoms with E-state index in [1.807, 2.05) is 0 Å². The summed E-state index contributed by atoms with van der Waals surface area (Å²) < 4.78 is 0. The summed E-state index contributed by atoms with van der Waals surface area (Å²) in [6.07, 6.45) is 5.48. The van der Waals surface area contributed by atoms with Crippen LogP contribution < -0.4 is 5.32 Å². The molecule has 2 aliphatic rings. The lowest BCUT2D eigenvalue weighted by Crippen LogP contribution is -2.42. The molecule has 15 heavy (non-hydrogen) atoms. The lowest BCUT2D eigenvalue weighted by atomic mass is 9.84. The zero-order valence-electron chi connectivity index (χ0n) is 9.50. The van der Waals surface area contributed by atoms with Crippen LogP contribution in [0, 0.1) is 17.8 Å². The molecular weight excluding hydrogens is 210 g/mol. The lowest BCUT2D eigenvalue weighted by molar-refractivity contribution is -0.121. The molecule has 0 aromatic carbocycles. The summed E-state index contributed by atoms with van der Waals surface area (Å²) in [4.78, 5) is 11.5. The van der Waals surface area contributed by atoms with Crippen LogP contribution in [-0.2, 0) is 4.79 Å². The predicted octanol–water partition coefficient (Wildman–Crippen LogP) is 2.55. The second kappa shape index (κ2) is 4.32. The van der Waals surface area contributed by atoms with Gasteiger partial charge in [0.2, 0.25) is 5.91 Å². The molecule has 2 aliphatic carbocycles. The third-order valence-corrected chi connectivity index (χ3v) is 4.36. The molecule has 2 nitrogen and oxygen atoms in total. The Morgan fingerprint density at radius 1 is 1.33 bits per heavy atom. The zero-order chi connectivity index (χ0) is 11.0. The number of alkyl halides is 1. The first kappa shape index (κ1) is 11.3. The number of halogens is 1. The van der Waals surface area contributed by atoms with E-state index in [4.69, 9.17) is 11.6 Å². The molecule has 2 bridgehead atoms. The van der Waals surface area contributed by atoms with Crippen molar-refractivity contribution in [1.29, 1.82) is 0 Å². The predicted molar refractivity (Wildman–Crippen MR) is 61.9 cm³/mol. The third kappa shape index (κ3) is 2.30. The van der Waals surface area contributed by atoms with Crippen molar-refractivity contribution < 1.29 is 4.79 Å². The maximum atomic E-state index is 11.5. The quantitative estimate of drug-likeness (QED) is 0.741. The van der Waals surface area contributed by atoms with E-state index in [1.54, 1.807) is 6.92 Å². The highest BCUT2D eigenvalue weighted by Gasteiger charge is 2.42. The Hall–Kier alpha value is -0.240. The van der Waals surface area contributed by atoms with Gasteiger partial charge in [-0.1, -0.05) is 6.42 Å². The van der Waals surface area contributed by atoms with E-state index in [0.29, 0.717) is 12.0 Å². The van der Waals surface area contributed by atoms with Gasteiger partial charge in [0.15, 0.2) is 0 Å². The monoisotopic (exact) mass is 229 g/mol. The Morgan fingerprint density at radius 3 is 2.53 bits per heavy atom. The highest BCUT2D eigenvalue weighted by atomic mass is 35.5. The van der Waals surface area contributed by atoms with E-state index < -0.39 is 5.38 Å². The Balaban J connectivity index is 1.86. The van der Waals surface area contributed by atoms with Gasteiger partial charge in [0.1, 0.15) is 5.38 Å². The topological polar surface area (TPSA) is 29.1 Å². The molecule has 0 aromatic rings. The van der Waals surface area contributed by atoms with Crippen LogP contribution in [0.1, 0.15) is 39.5 Å². The second-order valence-electron chi connectivity index (χ2n) is 5.25. The van der Waals surface area contributed by atoms with Crippen LogP contribution in [0.3, 0.4) is 0 Å². The molecule has 2 saturated carbocycles. The van der Waals surface area contributed by atoms with Gasteiger partial charge in [0.25, 0.3) is 0 Å². The van der Waals surface area contributed by atoms with Crippen molar-refractivity contribution in [2.45, 2.75) is 50.9 Å². The van der Waals surface area contributed by atoms with Crippen LogP contribution in [0.5, 0.6) is 0 Å². The van der Waals surface area contributed by atoms with Crippen molar-refractivity contribution in [2.24, 2.45) is 17.8 Å². The van der Waals surface area contributed by atoms with Crippen LogP contribution in [0.2, 0.25) is 0 Å². The minimum atomic E-state index is -0.411. The molecule has 0 saturated heterocycles. The highest BCUT2D eigenvalue weighted by molar-refractivity contribution is 6.30. The fourth-order valence-corrected chi connectivity index (χ4v) is 3.42. The molecule has 0 aromatic heterocycles. The molecule has 3 heteroatoms. The van der Waals surface area contributed by atoms with Gasteiger partial charge in [-0.25, -0.2) is 0 Å². The average molecular weight is 230 g/mol. The molecule has 0 heterocycles. The first-order valence-corrected chi connectivity index (χ1v) is 6.46. The van der Waals surface area contributed by atoms with Crippen molar-refractivity contribution in [3.05, 3.63) is 0 Å². The van der Waals surface area contributed by atoms with Gasteiger partial charge in [-0.3, -0.25) is 4.79 Å². The number of rotatable bonds is 3. The van der Waals surface area contributed by atoms with Crippen molar-refractivity contribution in [2.75, 3.05) is 0 Å². The Morgan fingerprint density at radius 2 is 2.07 bits per heavy atom. The molecule has 0 spiro atoms. The van der Waals surface area contributed by atoms with Gasteiger partial charge in [-0.2, -0.15) is 0 Å². The van der Waals surface area contributed by atoms with Crippen LogP contribution >= 0.6 is 11.6 Å². The lowest BCUT2D eigenvalue weighted by Gasteiger charge is -2.28. The number of hydrogen-bond acceptors (Lipinski definition) is 1. The van der Waals surface area contributed by atoms with Crippen LogP contribution in [0.4, 0.5) is 0 Å². The van der Waals surface area contributed by atoms with Crippen LogP contribution in [0.25, 0.3) is 0 Å².